The van der Waals surface area contributed by atoms with Crippen LogP contribution in [-0.2, 0) is 11.3 Å². The number of aromatic nitrogens is 2. The number of morpholine rings is 1. The zero-order valence-corrected chi connectivity index (χ0v) is 20.3. The molecule has 33 heavy (non-hydrogen) atoms. The maximum absolute atomic E-state index is 5.49. The van der Waals surface area contributed by atoms with Crippen molar-refractivity contribution in [2.24, 2.45) is 23.0 Å². The first-order valence-corrected chi connectivity index (χ1v) is 12.6. The maximum atomic E-state index is 5.49. The summed E-state index contributed by atoms with van der Waals surface area (Å²) in [6.45, 7) is 9.47. The number of aromatic amines is 1. The summed E-state index contributed by atoms with van der Waals surface area (Å²) in [5.41, 5.74) is 11.3. The molecule has 2 aliphatic carbocycles. The smallest absolute Gasteiger partial charge is 0.0795 e. The average Bonchev–Trinajstić information content (AvgIpc) is 3.25. The minimum atomic E-state index is 0.578. The molecule has 0 amide bonds. The van der Waals surface area contributed by atoms with Gasteiger partial charge in [-0.1, -0.05) is 38.1 Å². The Morgan fingerprint density at radius 1 is 1.15 bits per heavy atom. The lowest BCUT2D eigenvalue weighted by molar-refractivity contribution is -0.138. The Morgan fingerprint density at radius 3 is 2.55 bits per heavy atom. The fourth-order valence-corrected chi connectivity index (χ4v) is 6.73. The first-order valence-electron chi connectivity index (χ1n) is 12.6. The Kier molecular flexibility index (Phi) is 6.30. The molecule has 1 aromatic carbocycles. The SMILES string of the molecule is CC(C)C12CCC1CC2c1ccc(-c2nccc3[nH]c(CN4CCOCC4)cc23)cc1.CN. The number of nitrogens with zero attached hydrogens (tertiary/aromatic N) is 2. The minimum Gasteiger partial charge on any atom is -0.379 e. The molecule has 6 rings (SSSR count). The van der Waals surface area contributed by atoms with Crippen molar-refractivity contribution in [3.8, 4) is 11.3 Å². The molecule has 0 spiro atoms. The monoisotopic (exact) mass is 446 g/mol. The van der Waals surface area contributed by atoms with Gasteiger partial charge >= 0.3 is 0 Å². The van der Waals surface area contributed by atoms with Crippen molar-refractivity contribution >= 4 is 10.9 Å². The van der Waals surface area contributed by atoms with Gasteiger partial charge < -0.3 is 15.5 Å². The van der Waals surface area contributed by atoms with Gasteiger partial charge in [-0.3, -0.25) is 9.88 Å². The van der Waals surface area contributed by atoms with Gasteiger partial charge in [0.2, 0.25) is 0 Å². The number of nitrogens with one attached hydrogen (secondary N) is 1. The summed E-state index contributed by atoms with van der Waals surface area (Å²) in [4.78, 5) is 10.8. The molecular weight excluding hydrogens is 408 g/mol. The van der Waals surface area contributed by atoms with Gasteiger partial charge in [-0.15, -0.1) is 0 Å². The first-order chi connectivity index (χ1) is 16.1. The lowest BCUT2D eigenvalue weighted by Gasteiger charge is -2.67. The molecule has 2 saturated carbocycles. The normalized spacial score (nSPS) is 26.8. The summed E-state index contributed by atoms with van der Waals surface area (Å²) < 4.78 is 5.49. The number of fused-ring (bicyclic) bond motifs is 2. The number of hydrogen-bond donors (Lipinski definition) is 2. The van der Waals surface area contributed by atoms with E-state index in [-0.39, 0.29) is 0 Å². The van der Waals surface area contributed by atoms with Crippen LogP contribution >= 0.6 is 0 Å². The highest BCUT2D eigenvalue weighted by Gasteiger charge is 2.61. The fourth-order valence-electron chi connectivity index (χ4n) is 6.73. The molecule has 0 radical (unpaired) electrons. The Morgan fingerprint density at radius 2 is 1.91 bits per heavy atom. The van der Waals surface area contributed by atoms with Gasteiger partial charge in [0.1, 0.15) is 0 Å². The van der Waals surface area contributed by atoms with Gasteiger partial charge in [-0.25, -0.2) is 0 Å². The van der Waals surface area contributed by atoms with Gasteiger partial charge in [0.15, 0.2) is 0 Å². The van der Waals surface area contributed by atoms with Gasteiger partial charge in [0, 0.05) is 48.0 Å². The summed E-state index contributed by atoms with van der Waals surface area (Å²) in [6.07, 6.45) is 6.17. The number of ether oxygens (including phenoxy) is 1. The van der Waals surface area contributed by atoms with Crippen LogP contribution in [0.15, 0.2) is 42.6 Å². The van der Waals surface area contributed by atoms with E-state index in [1.165, 1.54) is 54.0 Å². The molecule has 176 valence electrons. The van der Waals surface area contributed by atoms with Gasteiger partial charge in [0.05, 0.1) is 18.9 Å². The lowest BCUT2D eigenvalue weighted by Crippen LogP contribution is -2.57. The van der Waals surface area contributed by atoms with E-state index in [1.54, 1.807) is 0 Å². The highest BCUT2D eigenvalue weighted by molar-refractivity contribution is 5.93. The zero-order valence-electron chi connectivity index (χ0n) is 20.3. The molecule has 3 fully saturated rings. The van der Waals surface area contributed by atoms with Crippen LogP contribution in [-0.4, -0.2) is 48.2 Å². The average molecular weight is 447 g/mol. The standard InChI is InChI=1S/C27H33N3O.CH5N/c1-18(2)27-9-7-21(27)15-24(27)19-3-5-20(6-4-19)26-23-16-22(29-25(23)8-10-28-26)17-30-11-13-31-14-12-30;1-2/h3-6,8,10,16,18,21,24,29H,7,9,11-15,17H2,1-2H3;2H2,1H3. The highest BCUT2D eigenvalue weighted by atomic mass is 16.5. The summed E-state index contributed by atoms with van der Waals surface area (Å²) in [7, 11) is 1.50. The second kappa shape index (κ2) is 9.21. The second-order valence-corrected chi connectivity index (χ2v) is 10.2. The van der Waals surface area contributed by atoms with Crippen molar-refractivity contribution in [2.75, 3.05) is 33.4 Å². The molecule has 1 aliphatic heterocycles. The predicted molar refractivity (Wildman–Crippen MR) is 135 cm³/mol. The number of rotatable bonds is 5. The van der Waals surface area contributed by atoms with E-state index >= 15 is 0 Å². The van der Waals surface area contributed by atoms with Crippen molar-refractivity contribution in [3.05, 3.63) is 53.9 Å². The van der Waals surface area contributed by atoms with Crippen LogP contribution < -0.4 is 5.73 Å². The van der Waals surface area contributed by atoms with Crippen LogP contribution in [0.4, 0.5) is 0 Å². The summed E-state index contributed by atoms with van der Waals surface area (Å²) in [6, 6.07) is 13.7. The van der Waals surface area contributed by atoms with Gasteiger partial charge in [0.25, 0.3) is 0 Å². The molecule has 3 heterocycles. The minimum absolute atomic E-state index is 0.578. The maximum Gasteiger partial charge on any atom is 0.0795 e. The van der Waals surface area contributed by atoms with Gasteiger partial charge in [-0.2, -0.15) is 0 Å². The van der Waals surface area contributed by atoms with Crippen molar-refractivity contribution < 1.29 is 4.74 Å². The molecule has 2 aromatic heterocycles. The Labute approximate surface area is 197 Å². The first kappa shape index (κ1) is 22.6. The number of hydrogen-bond acceptors (Lipinski definition) is 4. The Hall–Kier alpha value is -2.21. The van der Waals surface area contributed by atoms with Crippen LogP contribution in [0.3, 0.4) is 0 Å². The van der Waals surface area contributed by atoms with E-state index in [2.05, 4.69) is 65.9 Å². The van der Waals surface area contributed by atoms with E-state index in [1.807, 2.05) is 6.20 Å². The number of nitrogens with two attached hydrogens (primary N) is 1. The van der Waals surface area contributed by atoms with E-state index < -0.39 is 0 Å². The van der Waals surface area contributed by atoms with Crippen molar-refractivity contribution in [1.82, 2.24) is 14.9 Å². The molecule has 1 saturated heterocycles. The summed E-state index contributed by atoms with van der Waals surface area (Å²) >= 11 is 0. The van der Waals surface area contributed by atoms with Crippen LogP contribution in [0.25, 0.3) is 22.2 Å². The molecule has 3 aliphatic rings. The molecule has 3 atom stereocenters. The third-order valence-corrected chi connectivity index (χ3v) is 8.62. The third-order valence-electron chi connectivity index (χ3n) is 8.62. The quantitative estimate of drug-likeness (QED) is 0.567. The summed E-state index contributed by atoms with van der Waals surface area (Å²) in [5.74, 6) is 2.50. The fraction of sp³-hybridized carbons (Fsp3) is 0.536. The Balaban J connectivity index is 0.00000111. The van der Waals surface area contributed by atoms with Crippen molar-refractivity contribution in [3.63, 3.8) is 0 Å². The number of benzene rings is 1. The molecule has 5 nitrogen and oxygen atoms in total. The summed E-state index contributed by atoms with van der Waals surface area (Å²) in [5, 5.41) is 1.22. The topological polar surface area (TPSA) is 67.2 Å². The predicted octanol–water partition coefficient (Wildman–Crippen LogP) is 5.18. The molecule has 3 unspecified atom stereocenters. The van der Waals surface area contributed by atoms with Gasteiger partial charge in [-0.05, 0) is 67.2 Å². The molecule has 3 aromatic rings. The van der Waals surface area contributed by atoms with E-state index in [0.29, 0.717) is 5.41 Å². The van der Waals surface area contributed by atoms with E-state index in [9.17, 15) is 0 Å². The molecule has 5 heteroatoms. The van der Waals surface area contributed by atoms with Crippen LogP contribution in [0.5, 0.6) is 0 Å². The second-order valence-electron chi connectivity index (χ2n) is 10.2. The van der Waals surface area contributed by atoms with Crippen LogP contribution in [0.2, 0.25) is 0 Å². The largest absolute Gasteiger partial charge is 0.379 e. The molecule has 0 bridgehead atoms. The van der Waals surface area contributed by atoms with E-state index in [4.69, 9.17) is 9.72 Å². The van der Waals surface area contributed by atoms with E-state index in [0.717, 1.165) is 56.3 Å². The molecular formula is C28H38N4O. The lowest BCUT2D eigenvalue weighted by atomic mass is 9.37. The number of H-pyrrole nitrogens is 1. The molecule has 3 N–H and O–H groups in total. The third kappa shape index (κ3) is 3.80. The number of pyridine rings is 1. The van der Waals surface area contributed by atoms with Crippen molar-refractivity contribution in [1.29, 1.82) is 0 Å². The van der Waals surface area contributed by atoms with Crippen LogP contribution in [0.1, 0.15) is 50.3 Å². The highest BCUT2D eigenvalue weighted by Crippen LogP contribution is 2.71. The van der Waals surface area contributed by atoms with Crippen molar-refractivity contribution in [2.45, 2.75) is 45.6 Å². The van der Waals surface area contributed by atoms with Crippen LogP contribution in [0, 0.1) is 17.3 Å². The Bertz CT molecular complexity index is 1080. The zero-order chi connectivity index (χ0) is 23.0.